The average Bonchev–Trinajstić information content (AvgIpc) is 3.34. The van der Waals surface area contributed by atoms with E-state index in [0.29, 0.717) is 18.3 Å². The van der Waals surface area contributed by atoms with Gasteiger partial charge in [-0.25, -0.2) is 0 Å². The van der Waals surface area contributed by atoms with Gasteiger partial charge in [-0.2, -0.15) is 18.3 Å². The van der Waals surface area contributed by atoms with Crippen molar-refractivity contribution in [1.82, 2.24) is 19.6 Å². The van der Waals surface area contributed by atoms with Crippen LogP contribution in [0.1, 0.15) is 48.2 Å². The molecule has 2 aliphatic carbocycles. The predicted molar refractivity (Wildman–Crippen MR) is 75.3 cm³/mol. The van der Waals surface area contributed by atoms with Crippen molar-refractivity contribution in [2.45, 2.75) is 57.5 Å². The number of hydrogen-bond acceptors (Lipinski definition) is 3. The van der Waals surface area contributed by atoms with Crippen molar-refractivity contribution in [3.05, 3.63) is 29.2 Å². The Hall–Kier alpha value is -1.99. The molecule has 5 nitrogen and oxygen atoms in total. The summed E-state index contributed by atoms with van der Waals surface area (Å²) in [5, 5.41) is 8.11. The zero-order chi connectivity index (χ0) is 16.4. The Labute approximate surface area is 131 Å². The van der Waals surface area contributed by atoms with Crippen molar-refractivity contribution in [2.75, 3.05) is 0 Å². The summed E-state index contributed by atoms with van der Waals surface area (Å²) in [7, 11) is 0. The quantitative estimate of drug-likeness (QED) is 0.864. The van der Waals surface area contributed by atoms with E-state index in [1.807, 2.05) is 17.8 Å². The van der Waals surface area contributed by atoms with Crippen molar-refractivity contribution >= 4 is 0 Å². The molecule has 8 heteroatoms. The average molecular weight is 326 g/mol. The van der Waals surface area contributed by atoms with Crippen molar-refractivity contribution in [1.29, 1.82) is 0 Å². The van der Waals surface area contributed by atoms with Gasteiger partial charge in [0.15, 0.2) is 5.69 Å². The Kier molecular flexibility index (Phi) is 3.01. The zero-order valence-corrected chi connectivity index (χ0v) is 12.8. The number of ether oxygens (including phenoxy) is 1. The van der Waals surface area contributed by atoms with Gasteiger partial charge in [0, 0.05) is 24.4 Å². The number of halogens is 3. The first-order chi connectivity index (χ1) is 10.8. The molecule has 0 bridgehead atoms. The molecule has 2 atom stereocenters. The first-order valence-corrected chi connectivity index (χ1v) is 7.68. The van der Waals surface area contributed by atoms with Gasteiger partial charge >= 0.3 is 6.18 Å². The van der Waals surface area contributed by atoms with Crippen molar-refractivity contribution < 1.29 is 17.9 Å². The number of hydrogen-bond donors (Lipinski definition) is 0. The molecule has 0 amide bonds. The minimum atomic E-state index is -4.42. The lowest BCUT2D eigenvalue weighted by Crippen LogP contribution is -2.10. The van der Waals surface area contributed by atoms with Gasteiger partial charge in [0.05, 0.1) is 12.1 Å². The number of rotatable bonds is 4. The van der Waals surface area contributed by atoms with Crippen LogP contribution in [0.15, 0.2) is 12.4 Å². The Morgan fingerprint density at radius 1 is 1.09 bits per heavy atom. The molecule has 0 saturated heterocycles. The van der Waals surface area contributed by atoms with Crippen LogP contribution in [0.5, 0.6) is 5.88 Å². The molecule has 2 saturated carbocycles. The van der Waals surface area contributed by atoms with Crippen molar-refractivity contribution in [3.8, 4) is 5.88 Å². The highest BCUT2D eigenvalue weighted by Crippen LogP contribution is 2.42. The normalized spacial score (nSPS) is 24.0. The van der Waals surface area contributed by atoms with E-state index in [0.717, 1.165) is 18.4 Å². The molecule has 2 unspecified atom stereocenters. The molecule has 23 heavy (non-hydrogen) atoms. The molecule has 0 radical (unpaired) electrons. The van der Waals surface area contributed by atoms with Crippen LogP contribution in [-0.4, -0.2) is 25.7 Å². The van der Waals surface area contributed by atoms with Gasteiger partial charge in [-0.15, -0.1) is 5.10 Å². The fourth-order valence-corrected chi connectivity index (χ4v) is 2.75. The Morgan fingerprint density at radius 3 is 2.39 bits per heavy atom. The molecule has 2 fully saturated rings. The van der Waals surface area contributed by atoms with Crippen molar-refractivity contribution in [2.24, 2.45) is 0 Å². The molecular weight excluding hydrogens is 309 g/mol. The van der Waals surface area contributed by atoms with E-state index in [1.54, 1.807) is 0 Å². The second-order valence-electron chi connectivity index (χ2n) is 6.43. The molecule has 124 valence electrons. The van der Waals surface area contributed by atoms with Gasteiger partial charge < -0.3 is 4.74 Å². The van der Waals surface area contributed by atoms with Crippen LogP contribution in [0.2, 0.25) is 0 Å². The standard InChI is InChI=1S/C15H17F3N4O/c1-8-6-22(19-13(8)15(16,17)18)11-5-12(11)23-14-9(2)7-21(20-14)10-3-4-10/h6-7,10-12H,3-5H2,1-2H3. The monoisotopic (exact) mass is 326 g/mol. The summed E-state index contributed by atoms with van der Waals surface area (Å²) in [6.45, 7) is 3.35. The molecule has 2 heterocycles. The maximum absolute atomic E-state index is 12.8. The highest BCUT2D eigenvalue weighted by Gasteiger charge is 2.45. The summed E-state index contributed by atoms with van der Waals surface area (Å²) < 4.78 is 47.6. The number of alkyl halides is 3. The fraction of sp³-hybridized carbons (Fsp3) is 0.600. The number of nitrogens with zero attached hydrogens (tertiary/aromatic N) is 4. The molecule has 2 aromatic rings. The minimum absolute atomic E-state index is 0.136. The van der Waals surface area contributed by atoms with Crippen LogP contribution < -0.4 is 4.74 Å². The van der Waals surface area contributed by atoms with E-state index in [4.69, 9.17) is 4.74 Å². The smallest absolute Gasteiger partial charge is 0.435 e. The third-order valence-electron chi connectivity index (χ3n) is 4.28. The largest absolute Gasteiger partial charge is 0.471 e. The van der Waals surface area contributed by atoms with Crippen molar-refractivity contribution in [3.63, 3.8) is 0 Å². The summed E-state index contributed by atoms with van der Waals surface area (Å²) >= 11 is 0. The van der Waals surface area contributed by atoms with E-state index in [-0.39, 0.29) is 17.7 Å². The lowest BCUT2D eigenvalue weighted by atomic mass is 10.3. The van der Waals surface area contributed by atoms with E-state index in [1.165, 1.54) is 17.8 Å². The molecule has 4 rings (SSSR count). The van der Waals surface area contributed by atoms with E-state index >= 15 is 0 Å². The van der Waals surface area contributed by atoms with Crippen LogP contribution in [0.4, 0.5) is 13.2 Å². The van der Waals surface area contributed by atoms with Crippen LogP contribution in [0.25, 0.3) is 0 Å². The Balaban J connectivity index is 1.46. The van der Waals surface area contributed by atoms with E-state index in [9.17, 15) is 13.2 Å². The minimum Gasteiger partial charge on any atom is -0.471 e. The number of aromatic nitrogens is 4. The van der Waals surface area contributed by atoms with Crippen LogP contribution in [0.3, 0.4) is 0 Å². The summed E-state index contributed by atoms with van der Waals surface area (Å²) in [4.78, 5) is 0. The van der Waals surface area contributed by atoms with Gasteiger partial charge in [-0.3, -0.25) is 9.36 Å². The second kappa shape index (κ2) is 4.75. The molecule has 0 aromatic carbocycles. The van der Waals surface area contributed by atoms with Gasteiger partial charge in [0.1, 0.15) is 6.10 Å². The summed E-state index contributed by atoms with van der Waals surface area (Å²) in [6.07, 6.45) is 1.74. The summed E-state index contributed by atoms with van der Waals surface area (Å²) in [6, 6.07) is 0.319. The highest BCUT2D eigenvalue weighted by atomic mass is 19.4. The third-order valence-corrected chi connectivity index (χ3v) is 4.28. The molecule has 2 aliphatic rings. The maximum atomic E-state index is 12.8. The predicted octanol–water partition coefficient (Wildman–Crippen LogP) is 3.44. The van der Waals surface area contributed by atoms with Gasteiger partial charge in [-0.05, 0) is 32.3 Å². The first-order valence-electron chi connectivity index (χ1n) is 7.68. The van der Waals surface area contributed by atoms with Gasteiger partial charge in [0.2, 0.25) is 5.88 Å². The van der Waals surface area contributed by atoms with Crippen LogP contribution >= 0.6 is 0 Å². The first kappa shape index (κ1) is 14.6. The van der Waals surface area contributed by atoms with E-state index in [2.05, 4.69) is 10.2 Å². The molecule has 0 spiro atoms. The number of aryl methyl sites for hydroxylation is 2. The zero-order valence-electron chi connectivity index (χ0n) is 12.8. The molecular formula is C15H17F3N4O. The maximum Gasteiger partial charge on any atom is 0.435 e. The second-order valence-corrected chi connectivity index (χ2v) is 6.43. The lowest BCUT2D eigenvalue weighted by molar-refractivity contribution is -0.142. The Morgan fingerprint density at radius 2 is 1.78 bits per heavy atom. The molecule has 0 N–H and O–H groups in total. The Bertz CT molecular complexity index is 744. The van der Waals surface area contributed by atoms with Gasteiger partial charge in [-0.1, -0.05) is 0 Å². The topological polar surface area (TPSA) is 44.9 Å². The summed E-state index contributed by atoms with van der Waals surface area (Å²) in [5.41, 5.74) is 0.268. The lowest BCUT2D eigenvalue weighted by Gasteiger charge is -2.04. The molecule has 2 aromatic heterocycles. The fourth-order valence-electron chi connectivity index (χ4n) is 2.75. The summed E-state index contributed by atoms with van der Waals surface area (Å²) in [5.74, 6) is 0.573. The van der Waals surface area contributed by atoms with Crippen LogP contribution in [-0.2, 0) is 6.18 Å². The molecule has 0 aliphatic heterocycles. The third kappa shape index (κ3) is 2.70. The SMILES string of the molecule is Cc1cn(C2CC2)nc1OC1CC1n1cc(C)c(C(F)(F)F)n1. The van der Waals surface area contributed by atoms with Gasteiger partial charge in [0.25, 0.3) is 0 Å². The highest BCUT2D eigenvalue weighted by molar-refractivity contribution is 5.24. The van der Waals surface area contributed by atoms with E-state index < -0.39 is 11.9 Å². The van der Waals surface area contributed by atoms with Crippen LogP contribution in [0, 0.1) is 13.8 Å².